The monoisotopic (exact) mass is 283 g/mol. The van der Waals surface area contributed by atoms with Gasteiger partial charge in [-0.2, -0.15) is 0 Å². The Kier molecular flexibility index (Phi) is 5.03. The number of benzene rings is 1. The molecular weight excluding hydrogens is 264 g/mol. The second kappa shape index (κ2) is 6.76. The van der Waals surface area contributed by atoms with E-state index in [0.717, 1.165) is 44.1 Å². The van der Waals surface area contributed by atoms with Crippen LogP contribution in [-0.2, 0) is 4.79 Å². The molecule has 1 aromatic rings. The summed E-state index contributed by atoms with van der Waals surface area (Å²) >= 11 is 0. The molecule has 1 heterocycles. The summed E-state index contributed by atoms with van der Waals surface area (Å²) in [6, 6.07) is 3.39. The smallest absolute Gasteiger partial charge is 0.238 e. The third kappa shape index (κ3) is 3.98. The largest absolute Gasteiger partial charge is 0.322 e. The molecule has 0 saturated carbocycles. The maximum absolute atomic E-state index is 13.4. The minimum absolute atomic E-state index is 0.114. The van der Waals surface area contributed by atoms with E-state index in [1.165, 1.54) is 0 Å². The van der Waals surface area contributed by atoms with Gasteiger partial charge in [0, 0.05) is 18.7 Å². The van der Waals surface area contributed by atoms with Crippen LogP contribution in [-0.4, -0.2) is 43.5 Å². The Balaban J connectivity index is 1.90. The lowest BCUT2D eigenvalue weighted by molar-refractivity contribution is -0.117. The molecule has 0 spiro atoms. The summed E-state index contributed by atoms with van der Waals surface area (Å²) in [6.45, 7) is 1.82. The van der Waals surface area contributed by atoms with E-state index < -0.39 is 11.6 Å². The predicted octanol–water partition coefficient (Wildman–Crippen LogP) is 1.59. The molecule has 20 heavy (non-hydrogen) atoms. The van der Waals surface area contributed by atoms with Crippen molar-refractivity contribution in [3.05, 3.63) is 29.8 Å². The summed E-state index contributed by atoms with van der Waals surface area (Å²) in [4.78, 5) is 13.9. The van der Waals surface area contributed by atoms with Crippen molar-refractivity contribution in [3.8, 4) is 0 Å². The standard InChI is InChI=1S/C14H19F2N3O/c1-17-11-3-2-6-19(8-11)9-14(20)18-13-7-10(15)4-5-12(13)16/h4-5,7,11,17H,2-3,6,8-9H2,1H3,(H,18,20). The molecule has 0 bridgehead atoms. The number of hydrogen-bond donors (Lipinski definition) is 2. The highest BCUT2D eigenvalue weighted by Crippen LogP contribution is 2.15. The highest BCUT2D eigenvalue weighted by atomic mass is 19.1. The SMILES string of the molecule is CNC1CCCN(CC(=O)Nc2cc(F)ccc2F)C1. The number of nitrogens with zero attached hydrogens (tertiary/aromatic N) is 1. The van der Waals surface area contributed by atoms with Crippen molar-refractivity contribution in [1.82, 2.24) is 10.2 Å². The molecule has 1 aromatic carbocycles. The van der Waals surface area contributed by atoms with E-state index in [9.17, 15) is 13.6 Å². The molecule has 110 valence electrons. The first-order chi connectivity index (χ1) is 9.58. The lowest BCUT2D eigenvalue weighted by Gasteiger charge is -2.31. The number of likely N-dealkylation sites (N-methyl/N-ethyl adjacent to an activating group) is 1. The maximum Gasteiger partial charge on any atom is 0.238 e. The number of nitrogens with one attached hydrogen (secondary N) is 2. The number of rotatable bonds is 4. The third-order valence-electron chi connectivity index (χ3n) is 3.48. The molecule has 1 aliphatic rings. The molecule has 2 rings (SSSR count). The van der Waals surface area contributed by atoms with Crippen LogP contribution in [0.3, 0.4) is 0 Å². The van der Waals surface area contributed by atoms with Gasteiger partial charge in [0.25, 0.3) is 0 Å². The van der Waals surface area contributed by atoms with Crippen molar-refractivity contribution in [1.29, 1.82) is 0 Å². The number of hydrogen-bond acceptors (Lipinski definition) is 3. The molecule has 0 aromatic heterocycles. The lowest BCUT2D eigenvalue weighted by atomic mass is 10.1. The molecule has 2 N–H and O–H groups in total. The van der Waals surface area contributed by atoms with Crippen molar-refractivity contribution in [2.75, 3.05) is 32.0 Å². The Labute approximate surface area is 117 Å². The molecule has 1 fully saturated rings. The average molecular weight is 283 g/mol. The summed E-state index contributed by atoms with van der Waals surface area (Å²) < 4.78 is 26.4. The zero-order valence-corrected chi connectivity index (χ0v) is 11.5. The number of likely N-dealkylation sites (tertiary alicyclic amines) is 1. The number of carbonyl (C=O) groups is 1. The summed E-state index contributed by atoms with van der Waals surface area (Å²) in [7, 11) is 1.90. The minimum Gasteiger partial charge on any atom is -0.322 e. The topological polar surface area (TPSA) is 44.4 Å². The van der Waals surface area contributed by atoms with E-state index in [2.05, 4.69) is 10.6 Å². The Morgan fingerprint density at radius 1 is 1.45 bits per heavy atom. The molecule has 1 unspecified atom stereocenters. The van der Waals surface area contributed by atoms with Gasteiger partial charge >= 0.3 is 0 Å². The number of carbonyl (C=O) groups excluding carboxylic acids is 1. The maximum atomic E-state index is 13.4. The van der Waals surface area contributed by atoms with Gasteiger partial charge in [0.15, 0.2) is 0 Å². The number of piperidine rings is 1. The second-order valence-electron chi connectivity index (χ2n) is 5.04. The Hall–Kier alpha value is -1.53. The van der Waals surface area contributed by atoms with Crippen LogP contribution in [0.25, 0.3) is 0 Å². The highest BCUT2D eigenvalue weighted by molar-refractivity contribution is 5.92. The van der Waals surface area contributed by atoms with Gasteiger partial charge in [0.05, 0.1) is 12.2 Å². The Bertz CT molecular complexity index is 481. The highest BCUT2D eigenvalue weighted by Gasteiger charge is 2.20. The van der Waals surface area contributed by atoms with Crippen LogP contribution in [0.2, 0.25) is 0 Å². The van der Waals surface area contributed by atoms with Crippen LogP contribution in [0.4, 0.5) is 14.5 Å². The van der Waals surface area contributed by atoms with E-state index in [0.29, 0.717) is 6.04 Å². The van der Waals surface area contributed by atoms with Crippen molar-refractivity contribution < 1.29 is 13.6 Å². The number of amides is 1. The summed E-state index contributed by atoms with van der Waals surface area (Å²) in [6.07, 6.45) is 2.11. The van der Waals surface area contributed by atoms with Crippen LogP contribution >= 0.6 is 0 Å². The van der Waals surface area contributed by atoms with E-state index in [1.54, 1.807) is 0 Å². The molecule has 1 aliphatic heterocycles. The molecule has 6 heteroatoms. The van der Waals surface area contributed by atoms with Gasteiger partial charge in [0.2, 0.25) is 5.91 Å². The predicted molar refractivity (Wildman–Crippen MR) is 73.5 cm³/mol. The third-order valence-corrected chi connectivity index (χ3v) is 3.48. The average Bonchev–Trinajstić information content (AvgIpc) is 2.43. The molecule has 1 atom stereocenters. The normalized spacial score (nSPS) is 19.9. The van der Waals surface area contributed by atoms with Gasteiger partial charge in [-0.25, -0.2) is 8.78 Å². The molecule has 0 radical (unpaired) electrons. The molecule has 1 saturated heterocycles. The van der Waals surface area contributed by atoms with E-state index >= 15 is 0 Å². The fourth-order valence-corrected chi connectivity index (χ4v) is 2.42. The van der Waals surface area contributed by atoms with Crippen LogP contribution in [0.5, 0.6) is 0 Å². The zero-order valence-electron chi connectivity index (χ0n) is 11.5. The van der Waals surface area contributed by atoms with Gasteiger partial charge in [-0.3, -0.25) is 9.69 Å². The second-order valence-corrected chi connectivity index (χ2v) is 5.04. The van der Waals surface area contributed by atoms with Gasteiger partial charge in [0.1, 0.15) is 11.6 Å². The Morgan fingerprint density at radius 2 is 2.25 bits per heavy atom. The van der Waals surface area contributed by atoms with Crippen LogP contribution in [0.1, 0.15) is 12.8 Å². The first-order valence-electron chi connectivity index (χ1n) is 6.73. The van der Waals surface area contributed by atoms with Crippen LogP contribution in [0.15, 0.2) is 18.2 Å². The number of anilines is 1. The first kappa shape index (κ1) is 14.9. The lowest BCUT2D eigenvalue weighted by Crippen LogP contribution is -2.46. The van der Waals surface area contributed by atoms with E-state index in [-0.39, 0.29) is 18.1 Å². The molecular formula is C14H19F2N3O. The fraction of sp³-hybridized carbons (Fsp3) is 0.500. The minimum atomic E-state index is -0.633. The van der Waals surface area contributed by atoms with Crippen molar-refractivity contribution in [2.45, 2.75) is 18.9 Å². The van der Waals surface area contributed by atoms with E-state index in [4.69, 9.17) is 0 Å². The molecule has 0 aliphatic carbocycles. The summed E-state index contributed by atoms with van der Waals surface area (Å²) in [5, 5.41) is 5.61. The van der Waals surface area contributed by atoms with E-state index in [1.807, 2.05) is 11.9 Å². The van der Waals surface area contributed by atoms with Gasteiger partial charge in [-0.15, -0.1) is 0 Å². The van der Waals surface area contributed by atoms with Crippen LogP contribution in [0, 0.1) is 11.6 Å². The summed E-state index contributed by atoms with van der Waals surface area (Å²) in [5.41, 5.74) is -0.114. The van der Waals surface area contributed by atoms with Gasteiger partial charge < -0.3 is 10.6 Å². The zero-order chi connectivity index (χ0) is 14.5. The van der Waals surface area contributed by atoms with Gasteiger partial charge in [-0.05, 0) is 38.6 Å². The molecule has 1 amide bonds. The van der Waals surface area contributed by atoms with Gasteiger partial charge in [-0.1, -0.05) is 0 Å². The number of halogens is 2. The van der Waals surface area contributed by atoms with Crippen molar-refractivity contribution >= 4 is 11.6 Å². The molecule has 4 nitrogen and oxygen atoms in total. The quantitative estimate of drug-likeness (QED) is 0.882. The summed E-state index contributed by atoms with van der Waals surface area (Å²) in [5.74, 6) is -1.53. The Morgan fingerprint density at radius 3 is 3.00 bits per heavy atom. The fourth-order valence-electron chi connectivity index (χ4n) is 2.42. The van der Waals surface area contributed by atoms with Crippen molar-refractivity contribution in [3.63, 3.8) is 0 Å². The van der Waals surface area contributed by atoms with Crippen molar-refractivity contribution in [2.24, 2.45) is 0 Å². The van der Waals surface area contributed by atoms with Crippen LogP contribution < -0.4 is 10.6 Å². The first-order valence-corrected chi connectivity index (χ1v) is 6.73.